The van der Waals surface area contributed by atoms with E-state index in [0.29, 0.717) is 28.5 Å². The Kier molecular flexibility index (Phi) is 3.99. The van der Waals surface area contributed by atoms with Gasteiger partial charge < -0.3 is 9.47 Å². The molecule has 4 heteroatoms. The second kappa shape index (κ2) is 5.69. The predicted octanol–water partition coefficient (Wildman–Crippen LogP) is 3.39. The molecule has 0 aliphatic rings. The maximum Gasteiger partial charge on any atom is 0.210 e. The molecule has 0 atom stereocenters. The summed E-state index contributed by atoms with van der Waals surface area (Å²) in [6.45, 7) is 2.43. The molecule has 0 aliphatic heterocycles. The van der Waals surface area contributed by atoms with Crippen molar-refractivity contribution in [2.24, 2.45) is 0 Å². The molecule has 0 bridgehead atoms. The largest absolute Gasteiger partial charge is 0.495 e. The fourth-order valence-corrected chi connectivity index (χ4v) is 2.49. The fourth-order valence-electron chi connectivity index (χ4n) is 1.68. The number of thiophene rings is 1. The lowest BCUT2D eigenvalue weighted by Gasteiger charge is -2.08. The van der Waals surface area contributed by atoms with Crippen LogP contribution >= 0.6 is 11.3 Å². The number of benzene rings is 1. The lowest BCUT2D eigenvalue weighted by molar-refractivity contribution is 0.103. The summed E-state index contributed by atoms with van der Waals surface area (Å²) in [6, 6.07) is 9.05. The van der Waals surface area contributed by atoms with Crippen molar-refractivity contribution in [2.75, 3.05) is 13.7 Å². The maximum absolute atomic E-state index is 12.4. The number of hydrogen-bond donors (Lipinski definition) is 0. The molecule has 1 aromatic heterocycles. The zero-order valence-electron chi connectivity index (χ0n) is 10.3. The van der Waals surface area contributed by atoms with Crippen LogP contribution in [0.5, 0.6) is 11.5 Å². The lowest BCUT2D eigenvalue weighted by atomic mass is 10.1. The SMILES string of the molecule is CCOc1ccccc1C(=O)c1sccc1OC. The van der Waals surface area contributed by atoms with Crippen LogP contribution < -0.4 is 9.47 Å². The van der Waals surface area contributed by atoms with Crippen molar-refractivity contribution in [2.45, 2.75) is 6.92 Å². The van der Waals surface area contributed by atoms with E-state index in [9.17, 15) is 4.79 Å². The van der Waals surface area contributed by atoms with E-state index in [2.05, 4.69) is 0 Å². The molecule has 2 rings (SSSR count). The highest BCUT2D eigenvalue weighted by molar-refractivity contribution is 7.12. The smallest absolute Gasteiger partial charge is 0.210 e. The Morgan fingerprint density at radius 3 is 2.72 bits per heavy atom. The molecule has 0 spiro atoms. The Labute approximate surface area is 110 Å². The Balaban J connectivity index is 2.40. The van der Waals surface area contributed by atoms with Gasteiger partial charge in [-0.2, -0.15) is 0 Å². The number of methoxy groups -OCH3 is 1. The van der Waals surface area contributed by atoms with Gasteiger partial charge in [0, 0.05) is 0 Å². The van der Waals surface area contributed by atoms with Gasteiger partial charge in [0.05, 0.1) is 19.3 Å². The van der Waals surface area contributed by atoms with E-state index in [-0.39, 0.29) is 5.78 Å². The molecule has 1 aromatic carbocycles. The van der Waals surface area contributed by atoms with Gasteiger partial charge in [-0.05, 0) is 30.5 Å². The summed E-state index contributed by atoms with van der Waals surface area (Å²) in [5.74, 6) is 1.16. The molecule has 0 aliphatic carbocycles. The first-order valence-corrected chi connectivity index (χ1v) is 6.54. The van der Waals surface area contributed by atoms with E-state index in [1.807, 2.05) is 24.4 Å². The summed E-state index contributed by atoms with van der Waals surface area (Å²) < 4.78 is 10.6. The Morgan fingerprint density at radius 1 is 1.22 bits per heavy atom. The van der Waals surface area contributed by atoms with E-state index in [0.717, 1.165) is 0 Å². The van der Waals surface area contributed by atoms with Crippen molar-refractivity contribution in [3.63, 3.8) is 0 Å². The second-order valence-corrected chi connectivity index (χ2v) is 4.49. The molecule has 2 aromatic rings. The number of carbonyl (C=O) groups excluding carboxylic acids is 1. The van der Waals surface area contributed by atoms with E-state index in [1.165, 1.54) is 11.3 Å². The van der Waals surface area contributed by atoms with Gasteiger partial charge in [0.25, 0.3) is 0 Å². The number of hydrogen-bond acceptors (Lipinski definition) is 4. The Morgan fingerprint density at radius 2 is 2.00 bits per heavy atom. The van der Waals surface area contributed by atoms with E-state index in [1.54, 1.807) is 25.3 Å². The lowest BCUT2D eigenvalue weighted by Crippen LogP contribution is -2.04. The normalized spacial score (nSPS) is 10.1. The van der Waals surface area contributed by atoms with Crippen molar-refractivity contribution in [3.05, 3.63) is 46.2 Å². The third kappa shape index (κ3) is 2.38. The number of para-hydroxylation sites is 1. The monoisotopic (exact) mass is 262 g/mol. The molecule has 0 radical (unpaired) electrons. The van der Waals surface area contributed by atoms with E-state index >= 15 is 0 Å². The van der Waals surface area contributed by atoms with Gasteiger partial charge in [-0.15, -0.1) is 11.3 Å². The molecule has 0 saturated heterocycles. The zero-order valence-corrected chi connectivity index (χ0v) is 11.1. The average Bonchev–Trinajstić information content (AvgIpc) is 2.87. The summed E-state index contributed by atoms with van der Waals surface area (Å²) in [7, 11) is 1.56. The maximum atomic E-state index is 12.4. The topological polar surface area (TPSA) is 35.5 Å². The standard InChI is InChI=1S/C14H14O3S/c1-3-17-11-7-5-4-6-10(11)13(15)14-12(16-2)8-9-18-14/h4-9H,3H2,1-2H3. The molecule has 0 saturated carbocycles. The van der Waals surface area contributed by atoms with Crippen LogP contribution in [0.15, 0.2) is 35.7 Å². The first kappa shape index (κ1) is 12.6. The second-order valence-electron chi connectivity index (χ2n) is 3.58. The highest BCUT2D eigenvalue weighted by Gasteiger charge is 2.19. The van der Waals surface area contributed by atoms with Crippen LogP contribution in [-0.2, 0) is 0 Å². The van der Waals surface area contributed by atoms with E-state index in [4.69, 9.17) is 9.47 Å². The molecule has 0 amide bonds. The third-order valence-electron chi connectivity index (χ3n) is 2.49. The van der Waals surface area contributed by atoms with Crippen LogP contribution in [-0.4, -0.2) is 19.5 Å². The molecule has 3 nitrogen and oxygen atoms in total. The van der Waals surface area contributed by atoms with Gasteiger partial charge in [-0.25, -0.2) is 0 Å². The number of carbonyl (C=O) groups is 1. The van der Waals surface area contributed by atoms with Crippen LogP contribution in [0, 0.1) is 0 Å². The summed E-state index contributed by atoms with van der Waals surface area (Å²) in [6.07, 6.45) is 0. The highest BCUT2D eigenvalue weighted by atomic mass is 32.1. The molecule has 94 valence electrons. The fraction of sp³-hybridized carbons (Fsp3) is 0.214. The third-order valence-corrected chi connectivity index (χ3v) is 3.38. The Hall–Kier alpha value is -1.81. The molecule has 1 heterocycles. The first-order chi connectivity index (χ1) is 8.77. The summed E-state index contributed by atoms with van der Waals surface area (Å²) in [5.41, 5.74) is 0.570. The van der Waals surface area contributed by atoms with Gasteiger partial charge in [0.15, 0.2) is 0 Å². The highest BCUT2D eigenvalue weighted by Crippen LogP contribution is 2.30. The minimum absolute atomic E-state index is 0.0640. The predicted molar refractivity (Wildman–Crippen MR) is 71.9 cm³/mol. The molecular weight excluding hydrogens is 248 g/mol. The Bertz CT molecular complexity index is 545. The van der Waals surface area contributed by atoms with Gasteiger partial charge in [-0.3, -0.25) is 4.79 Å². The minimum atomic E-state index is -0.0640. The minimum Gasteiger partial charge on any atom is -0.495 e. The van der Waals surface area contributed by atoms with Gasteiger partial charge in [0.2, 0.25) is 5.78 Å². The van der Waals surface area contributed by atoms with Gasteiger partial charge in [-0.1, -0.05) is 12.1 Å². The van der Waals surface area contributed by atoms with Gasteiger partial charge >= 0.3 is 0 Å². The van der Waals surface area contributed by atoms with Gasteiger partial charge in [0.1, 0.15) is 16.4 Å². The average molecular weight is 262 g/mol. The van der Waals surface area contributed by atoms with Crippen LogP contribution in [0.25, 0.3) is 0 Å². The van der Waals surface area contributed by atoms with Crippen molar-refractivity contribution >= 4 is 17.1 Å². The van der Waals surface area contributed by atoms with Crippen LogP contribution in [0.4, 0.5) is 0 Å². The quantitative estimate of drug-likeness (QED) is 0.775. The van der Waals surface area contributed by atoms with Crippen LogP contribution in [0.1, 0.15) is 22.2 Å². The van der Waals surface area contributed by atoms with E-state index < -0.39 is 0 Å². The molecule has 0 fully saturated rings. The van der Waals surface area contributed by atoms with Crippen molar-refractivity contribution in [3.8, 4) is 11.5 Å². The molecule has 0 N–H and O–H groups in total. The molecule has 18 heavy (non-hydrogen) atoms. The summed E-state index contributed by atoms with van der Waals surface area (Å²) >= 11 is 1.37. The van der Waals surface area contributed by atoms with Crippen molar-refractivity contribution in [1.82, 2.24) is 0 Å². The van der Waals surface area contributed by atoms with Crippen LogP contribution in [0.2, 0.25) is 0 Å². The van der Waals surface area contributed by atoms with Crippen molar-refractivity contribution < 1.29 is 14.3 Å². The number of rotatable bonds is 5. The summed E-state index contributed by atoms with van der Waals surface area (Å²) in [5, 5.41) is 1.84. The summed E-state index contributed by atoms with van der Waals surface area (Å²) in [4.78, 5) is 13.0. The molecule has 0 unspecified atom stereocenters. The first-order valence-electron chi connectivity index (χ1n) is 5.66. The van der Waals surface area contributed by atoms with Crippen LogP contribution in [0.3, 0.4) is 0 Å². The van der Waals surface area contributed by atoms with Crippen molar-refractivity contribution in [1.29, 1.82) is 0 Å². The number of ether oxygens (including phenoxy) is 2. The molecular formula is C14H14O3S. The zero-order chi connectivity index (χ0) is 13.0. The number of ketones is 1.